The first-order chi connectivity index (χ1) is 12.2. The third-order valence-corrected chi connectivity index (χ3v) is 4.92. The summed E-state index contributed by atoms with van der Waals surface area (Å²) in [5.74, 6) is 2.73. The Morgan fingerprint density at radius 2 is 1.88 bits per heavy atom. The first-order valence-electron chi connectivity index (χ1n) is 9.51. The van der Waals surface area contributed by atoms with Crippen LogP contribution in [-0.4, -0.2) is 57.7 Å². The van der Waals surface area contributed by atoms with Gasteiger partial charge in [0.15, 0.2) is 5.96 Å². The number of ether oxygens (including phenoxy) is 1. The Morgan fingerprint density at radius 3 is 2.58 bits per heavy atom. The second-order valence-electron chi connectivity index (χ2n) is 6.87. The van der Waals surface area contributed by atoms with Gasteiger partial charge in [-0.05, 0) is 62.9 Å². The highest BCUT2D eigenvalue weighted by Gasteiger charge is 2.14. The lowest BCUT2D eigenvalue weighted by atomic mass is 9.99. The molecule has 1 fully saturated rings. The van der Waals surface area contributed by atoms with E-state index in [1.165, 1.54) is 38.0 Å². The summed E-state index contributed by atoms with van der Waals surface area (Å²) in [5, 5.41) is 6.80. The maximum absolute atomic E-state index is 5.39. The first kappa shape index (κ1) is 23.0. The molecule has 0 atom stereocenters. The number of benzene rings is 1. The SMILES string of the molecule is CN=C(NCCCN1CCC(C)CC1)NCCc1ccccc1OC.I. The Labute approximate surface area is 176 Å². The molecule has 1 heterocycles. The zero-order valence-electron chi connectivity index (χ0n) is 16.5. The number of guanidine groups is 1. The minimum atomic E-state index is 0. The van der Waals surface area contributed by atoms with E-state index in [0.717, 1.165) is 43.6 Å². The van der Waals surface area contributed by atoms with E-state index >= 15 is 0 Å². The van der Waals surface area contributed by atoms with Crippen LogP contribution in [0.4, 0.5) is 0 Å². The molecule has 1 aromatic rings. The van der Waals surface area contributed by atoms with Crippen LogP contribution in [0.3, 0.4) is 0 Å². The minimum absolute atomic E-state index is 0. The fourth-order valence-electron chi connectivity index (χ4n) is 3.24. The Morgan fingerprint density at radius 1 is 1.19 bits per heavy atom. The smallest absolute Gasteiger partial charge is 0.190 e. The molecule has 148 valence electrons. The molecule has 0 unspecified atom stereocenters. The summed E-state index contributed by atoms with van der Waals surface area (Å²) in [7, 11) is 3.54. The van der Waals surface area contributed by atoms with E-state index in [4.69, 9.17) is 4.74 Å². The molecule has 1 saturated heterocycles. The lowest BCUT2D eigenvalue weighted by molar-refractivity contribution is 0.191. The number of piperidine rings is 1. The van der Waals surface area contributed by atoms with Gasteiger partial charge >= 0.3 is 0 Å². The van der Waals surface area contributed by atoms with E-state index in [9.17, 15) is 0 Å². The highest BCUT2D eigenvalue weighted by atomic mass is 127. The van der Waals surface area contributed by atoms with Gasteiger partial charge in [-0.2, -0.15) is 0 Å². The quantitative estimate of drug-likeness (QED) is 0.263. The van der Waals surface area contributed by atoms with Gasteiger partial charge < -0.3 is 20.3 Å². The summed E-state index contributed by atoms with van der Waals surface area (Å²) in [4.78, 5) is 6.89. The average molecular weight is 474 g/mol. The lowest BCUT2D eigenvalue weighted by Gasteiger charge is -2.30. The van der Waals surface area contributed by atoms with Gasteiger partial charge in [-0.1, -0.05) is 25.1 Å². The molecule has 1 aliphatic rings. The van der Waals surface area contributed by atoms with Gasteiger partial charge in [-0.15, -0.1) is 24.0 Å². The molecular formula is C20H35IN4O. The molecule has 2 rings (SSSR count). The molecule has 0 radical (unpaired) electrons. The third-order valence-electron chi connectivity index (χ3n) is 4.92. The summed E-state index contributed by atoms with van der Waals surface area (Å²) in [6.45, 7) is 7.85. The monoisotopic (exact) mass is 474 g/mol. The van der Waals surface area contributed by atoms with Crippen molar-refractivity contribution in [2.24, 2.45) is 10.9 Å². The predicted molar refractivity (Wildman–Crippen MR) is 121 cm³/mol. The van der Waals surface area contributed by atoms with Crippen LogP contribution < -0.4 is 15.4 Å². The van der Waals surface area contributed by atoms with E-state index in [-0.39, 0.29) is 24.0 Å². The summed E-state index contributed by atoms with van der Waals surface area (Å²) in [6, 6.07) is 8.16. The van der Waals surface area contributed by atoms with Gasteiger partial charge in [0.1, 0.15) is 5.75 Å². The highest BCUT2D eigenvalue weighted by molar-refractivity contribution is 14.0. The van der Waals surface area contributed by atoms with E-state index in [0.29, 0.717) is 0 Å². The van der Waals surface area contributed by atoms with E-state index in [1.54, 1.807) is 7.11 Å². The molecule has 0 aromatic heterocycles. The normalized spacial score (nSPS) is 16.0. The van der Waals surface area contributed by atoms with Crippen molar-refractivity contribution in [3.05, 3.63) is 29.8 Å². The molecule has 0 bridgehead atoms. The summed E-state index contributed by atoms with van der Waals surface area (Å²) in [5.41, 5.74) is 1.22. The fourth-order valence-corrected chi connectivity index (χ4v) is 3.24. The minimum Gasteiger partial charge on any atom is -0.496 e. The van der Waals surface area contributed by atoms with Gasteiger partial charge in [0.2, 0.25) is 0 Å². The van der Waals surface area contributed by atoms with Crippen LogP contribution in [0.25, 0.3) is 0 Å². The number of methoxy groups -OCH3 is 1. The van der Waals surface area contributed by atoms with Gasteiger partial charge in [-0.25, -0.2) is 0 Å². The number of aliphatic imine (C=N–C) groups is 1. The van der Waals surface area contributed by atoms with E-state index in [2.05, 4.69) is 33.5 Å². The maximum Gasteiger partial charge on any atom is 0.190 e. The molecule has 0 spiro atoms. The van der Waals surface area contributed by atoms with Gasteiger partial charge in [0, 0.05) is 20.1 Å². The van der Waals surface area contributed by atoms with Crippen molar-refractivity contribution in [1.29, 1.82) is 0 Å². The fraction of sp³-hybridized carbons (Fsp3) is 0.650. The van der Waals surface area contributed by atoms with Crippen molar-refractivity contribution >= 4 is 29.9 Å². The van der Waals surface area contributed by atoms with Crippen LogP contribution in [0.1, 0.15) is 31.7 Å². The van der Waals surface area contributed by atoms with Crippen LogP contribution in [0, 0.1) is 5.92 Å². The molecule has 0 saturated carbocycles. The van der Waals surface area contributed by atoms with Crippen LogP contribution >= 0.6 is 24.0 Å². The number of rotatable bonds is 8. The average Bonchev–Trinajstić information content (AvgIpc) is 2.65. The summed E-state index contributed by atoms with van der Waals surface area (Å²) in [6.07, 6.45) is 4.76. The topological polar surface area (TPSA) is 48.9 Å². The lowest BCUT2D eigenvalue weighted by Crippen LogP contribution is -2.40. The van der Waals surface area contributed by atoms with Crippen molar-refractivity contribution in [3.63, 3.8) is 0 Å². The summed E-state index contributed by atoms with van der Waals surface area (Å²) < 4.78 is 5.39. The molecule has 0 amide bonds. The van der Waals surface area contributed by atoms with Crippen LogP contribution in [-0.2, 0) is 6.42 Å². The first-order valence-corrected chi connectivity index (χ1v) is 9.51. The van der Waals surface area contributed by atoms with Gasteiger partial charge in [0.05, 0.1) is 7.11 Å². The maximum atomic E-state index is 5.39. The Bertz CT molecular complexity index is 530. The van der Waals surface area contributed by atoms with Crippen molar-refractivity contribution in [2.75, 3.05) is 46.9 Å². The van der Waals surface area contributed by atoms with Gasteiger partial charge in [-0.3, -0.25) is 4.99 Å². The molecule has 26 heavy (non-hydrogen) atoms. The molecule has 1 aliphatic heterocycles. The van der Waals surface area contributed by atoms with Crippen molar-refractivity contribution in [3.8, 4) is 5.75 Å². The third kappa shape index (κ3) is 8.12. The molecule has 2 N–H and O–H groups in total. The van der Waals surface area contributed by atoms with Crippen molar-refractivity contribution < 1.29 is 4.74 Å². The van der Waals surface area contributed by atoms with Gasteiger partial charge in [0.25, 0.3) is 0 Å². The number of halogens is 1. The number of hydrogen-bond donors (Lipinski definition) is 2. The zero-order valence-corrected chi connectivity index (χ0v) is 18.8. The Hall–Kier alpha value is -1.02. The molecule has 1 aromatic carbocycles. The number of nitrogens with one attached hydrogen (secondary N) is 2. The number of likely N-dealkylation sites (tertiary alicyclic amines) is 1. The van der Waals surface area contributed by atoms with Crippen LogP contribution in [0.15, 0.2) is 29.3 Å². The number of nitrogens with zero attached hydrogens (tertiary/aromatic N) is 2. The van der Waals surface area contributed by atoms with Crippen LogP contribution in [0.2, 0.25) is 0 Å². The van der Waals surface area contributed by atoms with E-state index in [1.807, 2.05) is 25.2 Å². The molecular weight excluding hydrogens is 439 g/mol. The Balaban J connectivity index is 0.00000338. The number of hydrogen-bond acceptors (Lipinski definition) is 3. The standard InChI is InChI=1S/C20H34N4O.HI/c1-17-10-15-24(16-11-17)14-6-12-22-20(21-2)23-13-9-18-7-4-5-8-19(18)25-3;/h4-5,7-8,17H,6,9-16H2,1-3H3,(H2,21,22,23);1H. The second-order valence-corrected chi connectivity index (χ2v) is 6.87. The largest absolute Gasteiger partial charge is 0.496 e. The zero-order chi connectivity index (χ0) is 17.9. The molecule has 6 heteroatoms. The Kier molecular flexibility index (Phi) is 11.7. The molecule has 0 aliphatic carbocycles. The molecule has 5 nitrogen and oxygen atoms in total. The highest BCUT2D eigenvalue weighted by Crippen LogP contribution is 2.17. The summed E-state index contributed by atoms with van der Waals surface area (Å²) >= 11 is 0. The van der Waals surface area contributed by atoms with Crippen molar-refractivity contribution in [2.45, 2.75) is 32.6 Å². The van der Waals surface area contributed by atoms with Crippen LogP contribution in [0.5, 0.6) is 5.75 Å². The number of para-hydroxylation sites is 1. The predicted octanol–water partition coefficient (Wildman–Crippen LogP) is 3.14. The van der Waals surface area contributed by atoms with E-state index < -0.39 is 0 Å². The van der Waals surface area contributed by atoms with Crippen molar-refractivity contribution in [1.82, 2.24) is 15.5 Å². The second kappa shape index (κ2) is 13.2.